The summed E-state index contributed by atoms with van der Waals surface area (Å²) in [6.45, 7) is 14.6. The summed E-state index contributed by atoms with van der Waals surface area (Å²) in [6, 6.07) is 0. The summed E-state index contributed by atoms with van der Waals surface area (Å²) >= 11 is 0. The van der Waals surface area contributed by atoms with E-state index in [2.05, 4.69) is 6.92 Å². The Hall–Kier alpha value is -0.860. The summed E-state index contributed by atoms with van der Waals surface area (Å²) in [5, 5.41) is 0. The van der Waals surface area contributed by atoms with Gasteiger partial charge in [-0.3, -0.25) is 9.59 Å². The van der Waals surface area contributed by atoms with E-state index in [9.17, 15) is 9.59 Å². The predicted molar refractivity (Wildman–Crippen MR) is 87.0 cm³/mol. The molecule has 0 aromatic rings. The van der Waals surface area contributed by atoms with Crippen molar-refractivity contribution in [1.82, 2.24) is 0 Å². The maximum Gasteiger partial charge on any atom is 0.309 e. The summed E-state index contributed by atoms with van der Waals surface area (Å²) in [4.78, 5) is 25.0. The number of ketones is 1. The Morgan fingerprint density at radius 3 is 1.81 bits per heavy atom. The van der Waals surface area contributed by atoms with Crippen molar-refractivity contribution in [2.75, 3.05) is 6.61 Å². The summed E-state index contributed by atoms with van der Waals surface area (Å²) in [5.41, 5.74) is 0. The Morgan fingerprint density at radius 2 is 1.43 bits per heavy atom. The summed E-state index contributed by atoms with van der Waals surface area (Å²) in [6.07, 6.45) is 2.47. The highest BCUT2D eigenvalue weighted by atomic mass is 16.5. The first-order chi connectivity index (χ1) is 9.72. The first-order valence-corrected chi connectivity index (χ1v) is 8.41. The fourth-order valence-electron chi connectivity index (χ4n) is 2.68. The summed E-state index contributed by atoms with van der Waals surface area (Å²) in [5.74, 6) is 0.0460. The standard InChI is InChI=1S/C18H34O3/c1-8-9-10-15(19)16(13(4)5)17(14(6)7)18(20)21-11-12(2)3/h12-14,16-17H,8-11H2,1-7H3. The quantitative estimate of drug-likeness (QED) is 0.558. The number of unbranched alkanes of at least 4 members (excludes halogenated alkanes) is 1. The van der Waals surface area contributed by atoms with E-state index in [0.717, 1.165) is 12.8 Å². The number of Topliss-reactive ketones (excluding diaryl/α,β-unsaturated/α-hetero) is 1. The van der Waals surface area contributed by atoms with Crippen LogP contribution in [0.2, 0.25) is 0 Å². The van der Waals surface area contributed by atoms with Gasteiger partial charge in [0.05, 0.1) is 12.5 Å². The molecule has 3 nitrogen and oxygen atoms in total. The maximum absolute atomic E-state index is 12.5. The topological polar surface area (TPSA) is 43.4 Å². The average Bonchev–Trinajstić information content (AvgIpc) is 2.38. The highest BCUT2D eigenvalue weighted by molar-refractivity contribution is 5.87. The molecule has 0 saturated heterocycles. The molecule has 0 aromatic carbocycles. The lowest BCUT2D eigenvalue weighted by Crippen LogP contribution is -2.38. The molecular formula is C18H34O3. The second-order valence-electron chi connectivity index (χ2n) is 7.13. The smallest absolute Gasteiger partial charge is 0.309 e. The molecular weight excluding hydrogens is 264 g/mol. The van der Waals surface area contributed by atoms with Crippen LogP contribution in [0.25, 0.3) is 0 Å². The van der Waals surface area contributed by atoms with Gasteiger partial charge in [-0.1, -0.05) is 54.9 Å². The SMILES string of the molecule is CCCCC(=O)C(C(C)C)C(C(=O)OCC(C)C)C(C)C. The second-order valence-corrected chi connectivity index (χ2v) is 7.13. The minimum Gasteiger partial charge on any atom is -0.465 e. The van der Waals surface area contributed by atoms with E-state index in [-0.39, 0.29) is 35.4 Å². The fraction of sp³-hybridized carbons (Fsp3) is 0.889. The molecule has 0 fully saturated rings. The fourth-order valence-corrected chi connectivity index (χ4v) is 2.68. The van der Waals surface area contributed by atoms with Gasteiger partial charge in [0.25, 0.3) is 0 Å². The van der Waals surface area contributed by atoms with E-state index in [0.29, 0.717) is 18.9 Å². The third-order valence-electron chi connectivity index (χ3n) is 3.80. The van der Waals surface area contributed by atoms with Crippen LogP contribution in [0.3, 0.4) is 0 Å². The Labute approximate surface area is 130 Å². The normalized spacial score (nSPS) is 14.6. The monoisotopic (exact) mass is 298 g/mol. The van der Waals surface area contributed by atoms with Crippen molar-refractivity contribution in [2.45, 2.75) is 67.7 Å². The molecule has 0 rings (SSSR count). The molecule has 0 aliphatic carbocycles. The Balaban J connectivity index is 5.07. The molecule has 2 atom stereocenters. The molecule has 0 aliphatic rings. The Kier molecular flexibility index (Phi) is 9.56. The highest BCUT2D eigenvalue weighted by Gasteiger charge is 2.38. The third-order valence-corrected chi connectivity index (χ3v) is 3.80. The number of carbonyl (C=O) groups excluding carboxylic acids is 2. The van der Waals surface area contributed by atoms with Crippen molar-refractivity contribution in [3.05, 3.63) is 0 Å². The number of carbonyl (C=O) groups is 2. The number of hydrogen-bond donors (Lipinski definition) is 0. The third kappa shape index (κ3) is 7.10. The molecule has 0 bridgehead atoms. The van der Waals surface area contributed by atoms with Gasteiger partial charge in [0.1, 0.15) is 5.78 Å². The van der Waals surface area contributed by atoms with Crippen LogP contribution in [0, 0.1) is 29.6 Å². The second kappa shape index (κ2) is 9.97. The van der Waals surface area contributed by atoms with Crippen molar-refractivity contribution in [3.8, 4) is 0 Å². The van der Waals surface area contributed by atoms with Crippen molar-refractivity contribution in [3.63, 3.8) is 0 Å². The zero-order chi connectivity index (χ0) is 16.6. The van der Waals surface area contributed by atoms with Crippen LogP contribution in [0.5, 0.6) is 0 Å². The maximum atomic E-state index is 12.5. The van der Waals surface area contributed by atoms with Crippen LogP contribution in [-0.4, -0.2) is 18.4 Å². The molecule has 0 N–H and O–H groups in total. The number of ether oxygens (including phenoxy) is 1. The first kappa shape index (κ1) is 20.1. The minimum absolute atomic E-state index is 0.114. The largest absolute Gasteiger partial charge is 0.465 e. The molecule has 0 saturated carbocycles. The molecule has 0 spiro atoms. The van der Waals surface area contributed by atoms with E-state index in [1.807, 2.05) is 41.5 Å². The summed E-state index contributed by atoms with van der Waals surface area (Å²) in [7, 11) is 0. The minimum atomic E-state index is -0.326. The zero-order valence-corrected chi connectivity index (χ0v) is 14.9. The van der Waals surface area contributed by atoms with E-state index < -0.39 is 0 Å². The molecule has 0 amide bonds. The average molecular weight is 298 g/mol. The van der Waals surface area contributed by atoms with Crippen LogP contribution < -0.4 is 0 Å². The lowest BCUT2D eigenvalue weighted by molar-refractivity contribution is -0.157. The van der Waals surface area contributed by atoms with Gasteiger partial charge in [-0.25, -0.2) is 0 Å². The molecule has 0 heterocycles. The summed E-state index contributed by atoms with van der Waals surface area (Å²) < 4.78 is 5.42. The van der Waals surface area contributed by atoms with Crippen LogP contribution >= 0.6 is 0 Å². The van der Waals surface area contributed by atoms with Gasteiger partial charge in [-0.05, 0) is 24.2 Å². The number of rotatable bonds is 10. The van der Waals surface area contributed by atoms with Crippen molar-refractivity contribution < 1.29 is 14.3 Å². The van der Waals surface area contributed by atoms with Crippen molar-refractivity contribution in [1.29, 1.82) is 0 Å². The van der Waals surface area contributed by atoms with Crippen LogP contribution in [0.1, 0.15) is 67.7 Å². The first-order valence-electron chi connectivity index (χ1n) is 8.41. The van der Waals surface area contributed by atoms with E-state index in [4.69, 9.17) is 4.74 Å². The Bertz CT molecular complexity index is 318. The molecule has 0 aromatic heterocycles. The van der Waals surface area contributed by atoms with Crippen LogP contribution in [-0.2, 0) is 14.3 Å². The number of esters is 1. The zero-order valence-electron chi connectivity index (χ0n) is 14.9. The van der Waals surface area contributed by atoms with Gasteiger partial charge in [-0.2, -0.15) is 0 Å². The van der Waals surface area contributed by atoms with Gasteiger partial charge in [-0.15, -0.1) is 0 Å². The van der Waals surface area contributed by atoms with E-state index in [1.54, 1.807) is 0 Å². The molecule has 0 radical (unpaired) electrons. The van der Waals surface area contributed by atoms with Crippen molar-refractivity contribution >= 4 is 11.8 Å². The molecule has 3 heteroatoms. The van der Waals surface area contributed by atoms with E-state index in [1.165, 1.54) is 0 Å². The van der Waals surface area contributed by atoms with Gasteiger partial charge < -0.3 is 4.74 Å². The molecule has 124 valence electrons. The van der Waals surface area contributed by atoms with Crippen molar-refractivity contribution in [2.24, 2.45) is 29.6 Å². The lowest BCUT2D eigenvalue weighted by atomic mass is 9.74. The van der Waals surface area contributed by atoms with Gasteiger partial charge in [0.15, 0.2) is 0 Å². The molecule has 0 aliphatic heterocycles. The Morgan fingerprint density at radius 1 is 0.905 bits per heavy atom. The molecule has 2 unspecified atom stereocenters. The van der Waals surface area contributed by atoms with Gasteiger partial charge >= 0.3 is 5.97 Å². The van der Waals surface area contributed by atoms with Gasteiger partial charge in [0, 0.05) is 12.3 Å². The molecule has 21 heavy (non-hydrogen) atoms. The van der Waals surface area contributed by atoms with E-state index >= 15 is 0 Å². The lowest BCUT2D eigenvalue weighted by Gasteiger charge is -2.30. The van der Waals surface area contributed by atoms with Gasteiger partial charge in [0.2, 0.25) is 0 Å². The van der Waals surface area contributed by atoms with Crippen LogP contribution in [0.15, 0.2) is 0 Å². The number of hydrogen-bond acceptors (Lipinski definition) is 3. The van der Waals surface area contributed by atoms with Crippen LogP contribution in [0.4, 0.5) is 0 Å². The highest BCUT2D eigenvalue weighted by Crippen LogP contribution is 2.31. The predicted octanol–water partition coefficient (Wildman–Crippen LogP) is 4.49.